The molecule has 170 valence electrons. The number of aliphatic carboxylic acids is 1. The van der Waals surface area contributed by atoms with Gasteiger partial charge in [0.2, 0.25) is 0 Å². The summed E-state index contributed by atoms with van der Waals surface area (Å²) in [5, 5.41) is 11.2. The van der Waals surface area contributed by atoms with Gasteiger partial charge >= 0.3 is 12.1 Å². The van der Waals surface area contributed by atoms with E-state index in [0.717, 1.165) is 17.7 Å². The number of rotatable bonds is 3. The summed E-state index contributed by atoms with van der Waals surface area (Å²) in [7, 11) is 0. The number of aromatic nitrogens is 6. The number of carboxylic acid groups (broad SMARTS) is 1. The van der Waals surface area contributed by atoms with Crippen LogP contribution >= 0.6 is 0 Å². The number of halogens is 4. The van der Waals surface area contributed by atoms with E-state index in [0.29, 0.717) is 19.6 Å². The molecule has 3 aromatic rings. The summed E-state index contributed by atoms with van der Waals surface area (Å²) >= 11 is 0. The first-order chi connectivity index (χ1) is 15.1. The Morgan fingerprint density at radius 2 is 1.94 bits per heavy atom. The first kappa shape index (κ1) is 22.8. The van der Waals surface area contributed by atoms with Crippen molar-refractivity contribution in [2.45, 2.75) is 32.2 Å². The molecule has 0 fully saturated rings. The predicted molar refractivity (Wildman–Crippen MR) is 98.7 cm³/mol. The zero-order chi connectivity index (χ0) is 23.5. The Morgan fingerprint density at radius 1 is 1.22 bits per heavy atom. The van der Waals surface area contributed by atoms with Crippen LogP contribution < -0.4 is 0 Å². The molecule has 1 aliphatic heterocycles. The maximum absolute atomic E-state index is 13.9. The van der Waals surface area contributed by atoms with Gasteiger partial charge in [-0.3, -0.25) is 9.78 Å². The summed E-state index contributed by atoms with van der Waals surface area (Å²) in [6, 6.07) is 1.15. The van der Waals surface area contributed by atoms with Gasteiger partial charge < -0.3 is 14.6 Å². The van der Waals surface area contributed by atoms with Gasteiger partial charge in [0.1, 0.15) is 18.5 Å². The van der Waals surface area contributed by atoms with E-state index >= 15 is 0 Å². The summed E-state index contributed by atoms with van der Waals surface area (Å²) in [6.07, 6.45) is 2.31. The van der Waals surface area contributed by atoms with Crippen molar-refractivity contribution in [3.63, 3.8) is 0 Å². The highest BCUT2D eigenvalue weighted by molar-refractivity contribution is 5.94. The first-order valence-electron chi connectivity index (χ1n) is 9.17. The molecule has 0 saturated carbocycles. The Kier molecular flexibility index (Phi) is 6.50. The minimum absolute atomic E-state index is 0.0321. The van der Waals surface area contributed by atoms with E-state index in [4.69, 9.17) is 9.90 Å². The summed E-state index contributed by atoms with van der Waals surface area (Å²) in [5.74, 6) is -2.93. The van der Waals surface area contributed by atoms with Crippen molar-refractivity contribution in [1.29, 1.82) is 0 Å². The van der Waals surface area contributed by atoms with Gasteiger partial charge in [-0.15, -0.1) is 0 Å². The SMILES string of the molecule is CC1c2ncc(Cn3cncn3)n2CCN1C(=O)c1ccncc1F.O=C(O)C(F)(F)F. The molecule has 3 aromatic heterocycles. The molecule has 0 radical (unpaired) electrons. The van der Waals surface area contributed by atoms with Crippen LogP contribution in [0.15, 0.2) is 37.3 Å². The molecule has 1 unspecified atom stereocenters. The summed E-state index contributed by atoms with van der Waals surface area (Å²) in [4.78, 5) is 35.3. The van der Waals surface area contributed by atoms with E-state index in [1.807, 2.05) is 6.92 Å². The number of carboxylic acids is 1. The minimum atomic E-state index is -5.08. The number of fused-ring (bicyclic) bond motifs is 1. The Bertz CT molecular complexity index is 1100. The number of alkyl halides is 3. The van der Waals surface area contributed by atoms with Crippen molar-refractivity contribution < 1.29 is 32.3 Å². The second-order valence-electron chi connectivity index (χ2n) is 6.69. The molecule has 0 aromatic carbocycles. The van der Waals surface area contributed by atoms with E-state index in [-0.39, 0.29) is 17.5 Å². The Hall–Kier alpha value is -3.84. The van der Waals surface area contributed by atoms with Gasteiger partial charge in [0.25, 0.3) is 5.91 Å². The van der Waals surface area contributed by atoms with Crippen LogP contribution in [0.4, 0.5) is 17.6 Å². The first-order valence-corrected chi connectivity index (χ1v) is 9.17. The largest absolute Gasteiger partial charge is 0.490 e. The van der Waals surface area contributed by atoms with Crippen LogP contribution in [0.25, 0.3) is 0 Å². The highest BCUT2D eigenvalue weighted by Crippen LogP contribution is 2.27. The van der Waals surface area contributed by atoms with Gasteiger partial charge in [-0.2, -0.15) is 18.3 Å². The lowest BCUT2D eigenvalue weighted by molar-refractivity contribution is -0.192. The number of amides is 1. The van der Waals surface area contributed by atoms with E-state index in [2.05, 4.69) is 24.6 Å². The van der Waals surface area contributed by atoms with Crippen molar-refractivity contribution in [3.8, 4) is 0 Å². The Balaban J connectivity index is 0.000000360. The second kappa shape index (κ2) is 9.11. The van der Waals surface area contributed by atoms with E-state index in [1.54, 1.807) is 22.1 Å². The maximum Gasteiger partial charge on any atom is 0.490 e. The second-order valence-corrected chi connectivity index (χ2v) is 6.69. The number of carbonyl (C=O) groups excluding carboxylic acids is 1. The van der Waals surface area contributed by atoms with Crippen molar-refractivity contribution in [1.82, 2.24) is 34.2 Å². The molecule has 1 atom stereocenters. The number of pyridine rings is 1. The fourth-order valence-electron chi connectivity index (χ4n) is 3.15. The van der Waals surface area contributed by atoms with Gasteiger partial charge in [-0.25, -0.2) is 23.8 Å². The monoisotopic (exact) mass is 455 g/mol. The van der Waals surface area contributed by atoms with Crippen LogP contribution in [0, 0.1) is 5.82 Å². The molecule has 4 rings (SSSR count). The third kappa shape index (κ3) is 4.90. The smallest absolute Gasteiger partial charge is 0.475 e. The predicted octanol–water partition coefficient (Wildman–Crippen LogP) is 1.91. The minimum Gasteiger partial charge on any atom is -0.475 e. The van der Waals surface area contributed by atoms with Crippen molar-refractivity contribution in [2.75, 3.05) is 6.54 Å². The average molecular weight is 455 g/mol. The van der Waals surface area contributed by atoms with Crippen molar-refractivity contribution in [2.24, 2.45) is 0 Å². The lowest BCUT2D eigenvalue weighted by Crippen LogP contribution is -2.42. The van der Waals surface area contributed by atoms with Crippen LogP contribution in [0.3, 0.4) is 0 Å². The van der Waals surface area contributed by atoms with E-state index < -0.39 is 18.0 Å². The molecule has 1 aliphatic rings. The average Bonchev–Trinajstić information content (AvgIpc) is 3.39. The topological polar surface area (TPSA) is 119 Å². The zero-order valence-corrected chi connectivity index (χ0v) is 16.6. The number of hydrogen-bond donors (Lipinski definition) is 1. The molecule has 0 bridgehead atoms. The molecule has 1 amide bonds. The van der Waals surface area contributed by atoms with Gasteiger partial charge in [0.15, 0.2) is 5.82 Å². The Morgan fingerprint density at radius 3 is 2.53 bits per heavy atom. The maximum atomic E-state index is 13.9. The van der Waals surface area contributed by atoms with Crippen LogP contribution in [-0.2, 0) is 17.9 Å². The van der Waals surface area contributed by atoms with E-state index in [9.17, 15) is 22.4 Å². The normalized spacial score (nSPS) is 15.5. The molecule has 4 heterocycles. The third-order valence-corrected chi connectivity index (χ3v) is 4.67. The quantitative estimate of drug-likeness (QED) is 0.599. The zero-order valence-electron chi connectivity index (χ0n) is 16.6. The molecular weight excluding hydrogens is 438 g/mol. The molecular formula is C18H17F4N7O3. The molecule has 0 saturated heterocycles. The third-order valence-electron chi connectivity index (χ3n) is 4.67. The van der Waals surface area contributed by atoms with Crippen molar-refractivity contribution in [3.05, 3.63) is 60.2 Å². The van der Waals surface area contributed by atoms with Crippen LogP contribution in [-0.4, -0.2) is 63.9 Å². The van der Waals surface area contributed by atoms with Gasteiger partial charge in [-0.05, 0) is 13.0 Å². The number of hydrogen-bond acceptors (Lipinski definition) is 6. The Labute approximate surface area is 178 Å². The molecule has 0 aliphatic carbocycles. The van der Waals surface area contributed by atoms with Crippen LogP contribution in [0.5, 0.6) is 0 Å². The highest BCUT2D eigenvalue weighted by Gasteiger charge is 2.38. The standard InChI is InChI=1S/C16H16FN7O.C2HF3O2/c1-11-15-20-6-12(8-22-10-19-9-21-22)24(15)5-4-23(11)16(25)13-2-3-18-7-14(13)17;3-2(4,5)1(6)7/h2-3,6-7,9-11H,4-5,8H2,1H3;(H,6,7). The number of imidazole rings is 1. The van der Waals surface area contributed by atoms with Gasteiger partial charge in [-0.1, -0.05) is 0 Å². The van der Waals surface area contributed by atoms with Gasteiger partial charge in [0, 0.05) is 19.3 Å². The lowest BCUT2D eigenvalue weighted by Gasteiger charge is -2.34. The molecule has 1 N–H and O–H groups in total. The molecule has 10 nitrogen and oxygen atoms in total. The molecule has 32 heavy (non-hydrogen) atoms. The van der Waals surface area contributed by atoms with E-state index in [1.165, 1.54) is 18.6 Å². The number of carbonyl (C=O) groups is 2. The van der Waals surface area contributed by atoms with Gasteiger partial charge in [0.05, 0.1) is 36.2 Å². The lowest BCUT2D eigenvalue weighted by atomic mass is 10.1. The fraction of sp³-hybridized carbons (Fsp3) is 0.333. The molecule has 0 spiro atoms. The van der Waals surface area contributed by atoms with Crippen molar-refractivity contribution >= 4 is 11.9 Å². The van der Waals surface area contributed by atoms with Crippen LogP contribution in [0.2, 0.25) is 0 Å². The summed E-state index contributed by atoms with van der Waals surface area (Å²) in [5.41, 5.74) is 1.03. The van der Waals surface area contributed by atoms with Crippen LogP contribution in [0.1, 0.15) is 34.8 Å². The fourth-order valence-corrected chi connectivity index (χ4v) is 3.15. The number of nitrogens with zero attached hydrogens (tertiary/aromatic N) is 7. The summed E-state index contributed by atoms with van der Waals surface area (Å²) < 4.78 is 49.4. The summed E-state index contributed by atoms with van der Waals surface area (Å²) in [6.45, 7) is 3.54. The highest BCUT2D eigenvalue weighted by atomic mass is 19.4. The molecule has 14 heteroatoms.